The molecular formula is C12H21N5O. The molecule has 2 rings (SSSR count). The molecule has 1 aromatic heterocycles. The van der Waals surface area contributed by atoms with E-state index in [1.807, 2.05) is 19.9 Å². The number of anilines is 2. The van der Waals surface area contributed by atoms with Crippen LogP contribution in [-0.2, 0) is 4.74 Å². The Morgan fingerprint density at radius 1 is 1.39 bits per heavy atom. The fourth-order valence-corrected chi connectivity index (χ4v) is 1.91. The lowest BCUT2D eigenvalue weighted by atomic mass is 10.3. The van der Waals surface area contributed by atoms with Crippen LogP contribution in [0.4, 0.5) is 11.6 Å². The Kier molecular flexibility index (Phi) is 4.72. The van der Waals surface area contributed by atoms with E-state index in [0.717, 1.165) is 50.3 Å². The quantitative estimate of drug-likeness (QED) is 0.712. The average molecular weight is 251 g/mol. The highest BCUT2D eigenvalue weighted by atomic mass is 16.5. The highest BCUT2D eigenvalue weighted by molar-refractivity contribution is 5.47. The maximum atomic E-state index is 5.41. The van der Waals surface area contributed by atoms with E-state index in [1.165, 1.54) is 0 Å². The molecule has 100 valence electrons. The van der Waals surface area contributed by atoms with Crippen molar-refractivity contribution in [2.24, 2.45) is 0 Å². The predicted molar refractivity (Wildman–Crippen MR) is 72.0 cm³/mol. The van der Waals surface area contributed by atoms with Gasteiger partial charge in [-0.05, 0) is 13.8 Å². The zero-order chi connectivity index (χ0) is 12.8. The molecule has 2 heterocycles. The zero-order valence-corrected chi connectivity index (χ0v) is 11.0. The van der Waals surface area contributed by atoms with Gasteiger partial charge >= 0.3 is 0 Å². The lowest BCUT2D eigenvalue weighted by molar-refractivity contribution is 0.0806. The third-order valence-electron chi connectivity index (χ3n) is 2.72. The lowest BCUT2D eigenvalue weighted by Gasteiger charge is -2.24. The molecule has 0 aromatic carbocycles. The number of aryl methyl sites for hydroxylation is 1. The molecule has 1 saturated heterocycles. The number of nitrogens with one attached hydrogen (secondary N) is 3. The van der Waals surface area contributed by atoms with E-state index in [0.29, 0.717) is 6.04 Å². The minimum atomic E-state index is 0.344. The molecule has 18 heavy (non-hydrogen) atoms. The zero-order valence-electron chi connectivity index (χ0n) is 11.0. The minimum absolute atomic E-state index is 0.344. The molecule has 0 aliphatic carbocycles. The van der Waals surface area contributed by atoms with Crippen molar-refractivity contribution in [3.05, 3.63) is 11.9 Å². The molecule has 0 saturated carbocycles. The third kappa shape index (κ3) is 3.82. The number of ether oxygens (including phenoxy) is 1. The summed E-state index contributed by atoms with van der Waals surface area (Å²) in [7, 11) is 0. The Morgan fingerprint density at radius 3 is 2.83 bits per heavy atom. The first-order valence-corrected chi connectivity index (χ1v) is 6.42. The molecule has 0 spiro atoms. The van der Waals surface area contributed by atoms with Crippen LogP contribution in [-0.4, -0.2) is 48.9 Å². The van der Waals surface area contributed by atoms with E-state index in [2.05, 4.69) is 25.9 Å². The molecule has 6 nitrogen and oxygen atoms in total. The number of rotatable bonds is 5. The molecule has 1 aliphatic heterocycles. The predicted octanol–water partition coefficient (Wildman–Crippen LogP) is 0.617. The van der Waals surface area contributed by atoms with Crippen LogP contribution in [0, 0.1) is 6.92 Å². The van der Waals surface area contributed by atoms with Crippen molar-refractivity contribution >= 4 is 11.6 Å². The second-order valence-corrected chi connectivity index (χ2v) is 4.32. The van der Waals surface area contributed by atoms with Crippen LogP contribution < -0.4 is 16.0 Å². The van der Waals surface area contributed by atoms with Crippen LogP contribution in [0.3, 0.4) is 0 Å². The number of aromatic nitrogens is 2. The average Bonchev–Trinajstić information content (AvgIpc) is 2.37. The maximum absolute atomic E-state index is 5.41. The van der Waals surface area contributed by atoms with Crippen LogP contribution in [0.5, 0.6) is 0 Å². The molecular weight excluding hydrogens is 230 g/mol. The highest BCUT2D eigenvalue weighted by Crippen LogP contribution is 2.11. The van der Waals surface area contributed by atoms with Crippen molar-refractivity contribution in [1.29, 1.82) is 0 Å². The molecule has 0 bridgehead atoms. The fourth-order valence-electron chi connectivity index (χ4n) is 1.91. The summed E-state index contributed by atoms with van der Waals surface area (Å²) in [5, 5.41) is 9.91. The number of hydrogen-bond acceptors (Lipinski definition) is 6. The Balaban J connectivity index is 1.91. The van der Waals surface area contributed by atoms with E-state index in [-0.39, 0.29) is 0 Å². The van der Waals surface area contributed by atoms with Crippen LogP contribution in [0.2, 0.25) is 0 Å². The number of nitrogens with zero attached hydrogens (tertiary/aromatic N) is 2. The third-order valence-corrected chi connectivity index (χ3v) is 2.72. The van der Waals surface area contributed by atoms with Gasteiger partial charge in [-0.3, -0.25) is 0 Å². The smallest absolute Gasteiger partial charge is 0.131 e. The van der Waals surface area contributed by atoms with E-state index >= 15 is 0 Å². The second kappa shape index (κ2) is 6.51. The summed E-state index contributed by atoms with van der Waals surface area (Å²) in [5.74, 6) is 2.48. The van der Waals surface area contributed by atoms with Crippen LogP contribution in [0.15, 0.2) is 6.07 Å². The van der Waals surface area contributed by atoms with Crippen molar-refractivity contribution in [2.75, 3.05) is 43.5 Å². The van der Waals surface area contributed by atoms with Crippen LogP contribution in [0.1, 0.15) is 12.7 Å². The van der Waals surface area contributed by atoms with Crippen molar-refractivity contribution in [3.63, 3.8) is 0 Å². The number of morpholine rings is 1. The van der Waals surface area contributed by atoms with Gasteiger partial charge in [-0.2, -0.15) is 0 Å². The molecule has 1 fully saturated rings. The summed E-state index contributed by atoms with van der Waals surface area (Å²) >= 11 is 0. The van der Waals surface area contributed by atoms with Gasteiger partial charge in [0.15, 0.2) is 0 Å². The largest absolute Gasteiger partial charge is 0.378 e. The van der Waals surface area contributed by atoms with E-state index in [1.54, 1.807) is 0 Å². The summed E-state index contributed by atoms with van der Waals surface area (Å²) < 4.78 is 5.41. The summed E-state index contributed by atoms with van der Waals surface area (Å²) in [6, 6.07) is 2.27. The van der Waals surface area contributed by atoms with Gasteiger partial charge in [0, 0.05) is 31.7 Å². The van der Waals surface area contributed by atoms with Crippen molar-refractivity contribution in [1.82, 2.24) is 15.3 Å². The van der Waals surface area contributed by atoms with Gasteiger partial charge in [-0.1, -0.05) is 0 Å². The van der Waals surface area contributed by atoms with Gasteiger partial charge in [-0.25, -0.2) is 9.97 Å². The van der Waals surface area contributed by atoms with E-state index < -0.39 is 0 Å². The Bertz CT molecular complexity index is 379. The van der Waals surface area contributed by atoms with Crippen molar-refractivity contribution in [2.45, 2.75) is 19.9 Å². The Morgan fingerprint density at radius 2 is 2.17 bits per heavy atom. The standard InChI is InChI=1S/C12H21N5O/c1-3-13-11-6-12(17-9(2)16-11)15-7-10-8-18-5-4-14-10/h6,10,14H,3-5,7-8H2,1-2H3,(H2,13,15,16,17). The second-order valence-electron chi connectivity index (χ2n) is 4.32. The first-order valence-electron chi connectivity index (χ1n) is 6.42. The first kappa shape index (κ1) is 13.0. The number of hydrogen-bond donors (Lipinski definition) is 3. The van der Waals surface area contributed by atoms with Gasteiger partial charge in [0.25, 0.3) is 0 Å². The van der Waals surface area contributed by atoms with Gasteiger partial charge < -0.3 is 20.7 Å². The van der Waals surface area contributed by atoms with E-state index in [4.69, 9.17) is 4.74 Å². The topological polar surface area (TPSA) is 71.1 Å². The molecule has 6 heteroatoms. The molecule has 0 radical (unpaired) electrons. The highest BCUT2D eigenvalue weighted by Gasteiger charge is 2.12. The van der Waals surface area contributed by atoms with Crippen LogP contribution >= 0.6 is 0 Å². The van der Waals surface area contributed by atoms with Gasteiger partial charge in [0.05, 0.1) is 13.2 Å². The molecule has 1 unspecified atom stereocenters. The summed E-state index contributed by atoms with van der Waals surface area (Å²) in [5.41, 5.74) is 0. The maximum Gasteiger partial charge on any atom is 0.131 e. The van der Waals surface area contributed by atoms with E-state index in [9.17, 15) is 0 Å². The molecule has 1 atom stereocenters. The molecule has 1 aliphatic rings. The Labute approximate surface area is 108 Å². The summed E-state index contributed by atoms with van der Waals surface area (Å²) in [6.07, 6.45) is 0. The first-order chi connectivity index (χ1) is 8.78. The molecule has 0 amide bonds. The van der Waals surface area contributed by atoms with Crippen LogP contribution in [0.25, 0.3) is 0 Å². The fraction of sp³-hybridized carbons (Fsp3) is 0.667. The summed E-state index contributed by atoms with van der Waals surface area (Å²) in [4.78, 5) is 8.69. The van der Waals surface area contributed by atoms with Gasteiger partial charge in [-0.15, -0.1) is 0 Å². The molecule has 3 N–H and O–H groups in total. The molecule has 1 aromatic rings. The summed E-state index contributed by atoms with van der Waals surface area (Å²) in [6.45, 7) is 8.07. The van der Waals surface area contributed by atoms with Gasteiger partial charge in [0.1, 0.15) is 17.5 Å². The normalized spacial score (nSPS) is 19.6. The SMILES string of the molecule is CCNc1cc(NCC2COCCN2)nc(C)n1. The lowest BCUT2D eigenvalue weighted by Crippen LogP contribution is -2.45. The van der Waals surface area contributed by atoms with Crippen molar-refractivity contribution in [3.8, 4) is 0 Å². The Hall–Kier alpha value is -1.40. The van der Waals surface area contributed by atoms with Crippen molar-refractivity contribution < 1.29 is 4.74 Å². The van der Waals surface area contributed by atoms with Gasteiger partial charge in [0.2, 0.25) is 0 Å². The monoisotopic (exact) mass is 251 g/mol. The minimum Gasteiger partial charge on any atom is -0.378 e.